The Hall–Kier alpha value is -0.630. The van der Waals surface area contributed by atoms with E-state index in [9.17, 15) is 0 Å². The van der Waals surface area contributed by atoms with Gasteiger partial charge in [0.1, 0.15) is 5.41 Å². The van der Waals surface area contributed by atoms with Gasteiger partial charge in [0.15, 0.2) is 0 Å². The number of hydrogen-bond acceptors (Lipinski definition) is 4. The van der Waals surface area contributed by atoms with Crippen LogP contribution in [-0.4, -0.2) is 63.3 Å². The monoisotopic (exact) mass is 237 g/mol. The van der Waals surface area contributed by atoms with Crippen LogP contribution in [0.3, 0.4) is 0 Å². The van der Waals surface area contributed by atoms with E-state index < -0.39 is 0 Å². The fourth-order valence-corrected chi connectivity index (χ4v) is 2.98. The van der Waals surface area contributed by atoms with Crippen molar-refractivity contribution in [2.45, 2.75) is 12.8 Å². The standard InChI is InChI=1S/C13H23N3O/c1-15-5-3-4-12(6-15)7-16(2)9-13(8-14)10-17-11-13/h12H,3-7,9-11H2,1-2H3. The van der Waals surface area contributed by atoms with Crippen LogP contribution in [0.1, 0.15) is 12.8 Å². The van der Waals surface area contributed by atoms with Gasteiger partial charge in [-0.05, 0) is 39.4 Å². The highest BCUT2D eigenvalue weighted by molar-refractivity contribution is 5.05. The SMILES string of the molecule is CN1CCCC(CN(C)CC2(C#N)COC2)C1. The summed E-state index contributed by atoms with van der Waals surface area (Å²) in [6, 6.07) is 2.41. The van der Waals surface area contributed by atoms with Crippen molar-refractivity contribution in [1.29, 1.82) is 5.26 Å². The van der Waals surface area contributed by atoms with Gasteiger partial charge < -0.3 is 14.5 Å². The van der Waals surface area contributed by atoms with Gasteiger partial charge >= 0.3 is 0 Å². The largest absolute Gasteiger partial charge is 0.378 e. The molecule has 1 atom stereocenters. The van der Waals surface area contributed by atoms with Crippen molar-refractivity contribution >= 4 is 0 Å². The average molecular weight is 237 g/mol. The molecule has 0 spiro atoms. The minimum atomic E-state index is -0.227. The van der Waals surface area contributed by atoms with Crippen LogP contribution < -0.4 is 0 Å². The van der Waals surface area contributed by atoms with E-state index in [2.05, 4.69) is 30.0 Å². The molecule has 4 heteroatoms. The zero-order valence-corrected chi connectivity index (χ0v) is 11.0. The summed E-state index contributed by atoms with van der Waals surface area (Å²) in [5.41, 5.74) is -0.227. The molecule has 0 amide bonds. The van der Waals surface area contributed by atoms with Crippen LogP contribution in [0, 0.1) is 22.7 Å². The minimum Gasteiger partial charge on any atom is -0.378 e. The van der Waals surface area contributed by atoms with Crippen molar-refractivity contribution in [1.82, 2.24) is 9.80 Å². The van der Waals surface area contributed by atoms with Crippen molar-refractivity contribution in [2.24, 2.45) is 11.3 Å². The second kappa shape index (κ2) is 5.34. The third-order valence-electron chi connectivity index (χ3n) is 3.86. The van der Waals surface area contributed by atoms with Crippen LogP contribution >= 0.6 is 0 Å². The Labute approximate surface area is 104 Å². The summed E-state index contributed by atoms with van der Waals surface area (Å²) in [4.78, 5) is 4.73. The molecular formula is C13H23N3O. The molecule has 2 aliphatic heterocycles. The van der Waals surface area contributed by atoms with Crippen molar-refractivity contribution in [2.75, 3.05) is 53.5 Å². The number of rotatable bonds is 4. The highest BCUT2D eigenvalue weighted by Gasteiger charge is 2.40. The Bertz CT molecular complexity index is 296. The lowest BCUT2D eigenvalue weighted by Crippen LogP contribution is -2.50. The van der Waals surface area contributed by atoms with Crippen molar-refractivity contribution in [3.63, 3.8) is 0 Å². The molecule has 2 aliphatic rings. The fourth-order valence-electron chi connectivity index (χ4n) is 2.98. The van der Waals surface area contributed by atoms with Crippen LogP contribution in [0.15, 0.2) is 0 Å². The van der Waals surface area contributed by atoms with Gasteiger partial charge in [-0.1, -0.05) is 0 Å². The molecule has 0 saturated carbocycles. The summed E-state index contributed by atoms with van der Waals surface area (Å²) < 4.78 is 5.18. The highest BCUT2D eigenvalue weighted by atomic mass is 16.5. The molecule has 0 aliphatic carbocycles. The number of nitrogens with zero attached hydrogens (tertiary/aromatic N) is 3. The quantitative estimate of drug-likeness (QED) is 0.725. The third-order valence-corrected chi connectivity index (χ3v) is 3.86. The highest BCUT2D eigenvalue weighted by Crippen LogP contribution is 2.28. The Morgan fingerprint density at radius 2 is 2.29 bits per heavy atom. The topological polar surface area (TPSA) is 39.5 Å². The second-order valence-corrected chi connectivity index (χ2v) is 5.85. The summed E-state index contributed by atoms with van der Waals surface area (Å²) in [7, 11) is 4.33. The first-order valence-corrected chi connectivity index (χ1v) is 6.50. The third kappa shape index (κ3) is 3.19. The molecule has 2 rings (SSSR count). The Kier molecular flexibility index (Phi) is 4.03. The molecule has 2 saturated heterocycles. The molecule has 0 radical (unpaired) electrons. The van der Waals surface area contributed by atoms with E-state index in [-0.39, 0.29) is 5.41 Å². The predicted molar refractivity (Wildman–Crippen MR) is 66.6 cm³/mol. The average Bonchev–Trinajstić information content (AvgIpc) is 2.23. The molecule has 0 aromatic carbocycles. The Morgan fingerprint density at radius 1 is 1.53 bits per heavy atom. The second-order valence-electron chi connectivity index (χ2n) is 5.85. The van der Waals surface area contributed by atoms with E-state index in [0.29, 0.717) is 13.2 Å². The van der Waals surface area contributed by atoms with Crippen LogP contribution in [0.5, 0.6) is 0 Å². The van der Waals surface area contributed by atoms with Crippen molar-refractivity contribution in [3.8, 4) is 6.07 Å². The van der Waals surface area contributed by atoms with E-state index in [1.54, 1.807) is 0 Å². The molecule has 0 aromatic rings. The summed E-state index contributed by atoms with van der Waals surface area (Å²) in [5, 5.41) is 9.17. The number of ether oxygens (including phenoxy) is 1. The molecule has 2 heterocycles. The molecule has 96 valence electrons. The molecule has 0 N–H and O–H groups in total. The summed E-state index contributed by atoms with van der Waals surface area (Å²) in [5.74, 6) is 0.760. The molecule has 0 bridgehead atoms. The van der Waals surface area contributed by atoms with Crippen LogP contribution in [0.25, 0.3) is 0 Å². The first-order valence-electron chi connectivity index (χ1n) is 6.50. The first kappa shape index (κ1) is 12.8. The van der Waals surface area contributed by atoms with E-state index in [1.165, 1.54) is 25.9 Å². The number of nitriles is 1. The smallest absolute Gasteiger partial charge is 0.116 e. The lowest BCUT2D eigenvalue weighted by molar-refractivity contribution is -0.0902. The van der Waals surface area contributed by atoms with Crippen molar-refractivity contribution in [3.05, 3.63) is 0 Å². The predicted octanol–water partition coefficient (Wildman–Crippen LogP) is 0.800. The fraction of sp³-hybridized carbons (Fsp3) is 0.923. The zero-order valence-electron chi connectivity index (χ0n) is 11.0. The lowest BCUT2D eigenvalue weighted by Gasteiger charge is -2.39. The maximum absolute atomic E-state index is 9.17. The minimum absolute atomic E-state index is 0.227. The van der Waals surface area contributed by atoms with E-state index >= 15 is 0 Å². The van der Waals surface area contributed by atoms with Gasteiger partial charge in [0, 0.05) is 19.6 Å². The van der Waals surface area contributed by atoms with Crippen LogP contribution in [0.2, 0.25) is 0 Å². The Morgan fingerprint density at radius 3 is 2.82 bits per heavy atom. The van der Waals surface area contributed by atoms with Gasteiger partial charge in [0.2, 0.25) is 0 Å². The molecule has 17 heavy (non-hydrogen) atoms. The Balaban J connectivity index is 1.77. The maximum atomic E-state index is 9.17. The summed E-state index contributed by atoms with van der Waals surface area (Å²) >= 11 is 0. The lowest BCUT2D eigenvalue weighted by atomic mass is 9.87. The molecule has 1 unspecified atom stereocenters. The normalized spacial score (nSPS) is 28.7. The van der Waals surface area contributed by atoms with Gasteiger partial charge in [-0.2, -0.15) is 5.26 Å². The van der Waals surface area contributed by atoms with Crippen LogP contribution in [-0.2, 0) is 4.74 Å². The number of hydrogen-bond donors (Lipinski definition) is 0. The van der Waals surface area contributed by atoms with Gasteiger partial charge in [-0.3, -0.25) is 0 Å². The van der Waals surface area contributed by atoms with Gasteiger partial charge in [0.05, 0.1) is 19.3 Å². The summed E-state index contributed by atoms with van der Waals surface area (Å²) in [6.45, 7) is 5.60. The molecule has 2 fully saturated rings. The maximum Gasteiger partial charge on any atom is 0.116 e. The van der Waals surface area contributed by atoms with Gasteiger partial charge in [-0.25, -0.2) is 0 Å². The molecular weight excluding hydrogens is 214 g/mol. The number of piperidine rings is 1. The summed E-state index contributed by atoms with van der Waals surface area (Å²) in [6.07, 6.45) is 2.63. The van der Waals surface area contributed by atoms with Gasteiger partial charge in [0.25, 0.3) is 0 Å². The van der Waals surface area contributed by atoms with E-state index in [0.717, 1.165) is 19.0 Å². The molecule has 4 nitrogen and oxygen atoms in total. The molecule has 0 aromatic heterocycles. The number of likely N-dealkylation sites (tertiary alicyclic amines) is 1. The van der Waals surface area contributed by atoms with Crippen molar-refractivity contribution < 1.29 is 4.74 Å². The van der Waals surface area contributed by atoms with E-state index in [4.69, 9.17) is 10.00 Å². The zero-order chi connectivity index (χ0) is 12.3. The first-order chi connectivity index (χ1) is 8.13. The van der Waals surface area contributed by atoms with Crippen LogP contribution in [0.4, 0.5) is 0 Å². The van der Waals surface area contributed by atoms with E-state index in [1.807, 2.05) is 0 Å². The van der Waals surface area contributed by atoms with Gasteiger partial charge in [-0.15, -0.1) is 0 Å².